The normalized spacial score (nSPS) is 16.4. The SMILES string of the molecule is CCc1ccc2nc(CCC(=O)NC(CNC)C3CCCC3)sc2c1. The Balaban J connectivity index is 1.55. The highest BCUT2D eigenvalue weighted by molar-refractivity contribution is 7.18. The van der Waals surface area contributed by atoms with Gasteiger partial charge in [0, 0.05) is 25.4 Å². The Kier molecular flexibility index (Phi) is 6.43. The van der Waals surface area contributed by atoms with E-state index in [4.69, 9.17) is 0 Å². The lowest BCUT2D eigenvalue weighted by Crippen LogP contribution is -2.45. The van der Waals surface area contributed by atoms with Crippen molar-refractivity contribution in [2.45, 2.75) is 57.9 Å². The molecule has 1 fully saturated rings. The van der Waals surface area contributed by atoms with E-state index >= 15 is 0 Å². The molecular weight excluding hydrogens is 330 g/mol. The highest BCUT2D eigenvalue weighted by Crippen LogP contribution is 2.28. The summed E-state index contributed by atoms with van der Waals surface area (Å²) < 4.78 is 1.23. The number of nitrogens with zero attached hydrogens (tertiary/aromatic N) is 1. The molecule has 25 heavy (non-hydrogen) atoms. The van der Waals surface area contributed by atoms with Crippen LogP contribution in [-0.4, -0.2) is 30.5 Å². The molecule has 2 N–H and O–H groups in total. The summed E-state index contributed by atoms with van der Waals surface area (Å²) in [5, 5.41) is 7.54. The molecule has 1 heterocycles. The average molecular weight is 360 g/mol. The van der Waals surface area contributed by atoms with Crippen LogP contribution in [0.2, 0.25) is 0 Å². The van der Waals surface area contributed by atoms with Crippen LogP contribution < -0.4 is 10.6 Å². The van der Waals surface area contributed by atoms with Crippen LogP contribution in [0.1, 0.15) is 49.6 Å². The topological polar surface area (TPSA) is 54.0 Å². The Morgan fingerprint density at radius 2 is 2.16 bits per heavy atom. The molecule has 0 spiro atoms. The molecule has 1 amide bonds. The summed E-state index contributed by atoms with van der Waals surface area (Å²) in [7, 11) is 1.96. The number of benzene rings is 1. The molecule has 0 radical (unpaired) electrons. The zero-order chi connectivity index (χ0) is 17.6. The number of fused-ring (bicyclic) bond motifs is 1. The standard InChI is InChI=1S/C20H29N3OS/c1-3-14-8-9-16-18(12-14)25-20(23-16)11-10-19(24)22-17(13-21-2)15-6-4-5-7-15/h8-9,12,15,17,21H,3-7,10-11,13H2,1-2H3,(H,22,24). The fourth-order valence-electron chi connectivity index (χ4n) is 3.76. The number of thiazole rings is 1. The number of rotatable bonds is 8. The number of aryl methyl sites for hydroxylation is 2. The summed E-state index contributed by atoms with van der Waals surface area (Å²) in [6.07, 6.45) is 7.36. The Bertz CT molecular complexity index is 706. The summed E-state index contributed by atoms with van der Waals surface area (Å²) in [6.45, 7) is 3.02. The van der Waals surface area contributed by atoms with Gasteiger partial charge < -0.3 is 10.6 Å². The van der Waals surface area contributed by atoms with Crippen molar-refractivity contribution in [1.82, 2.24) is 15.6 Å². The molecule has 5 heteroatoms. The average Bonchev–Trinajstić information content (AvgIpc) is 3.28. The quantitative estimate of drug-likeness (QED) is 0.756. The first-order valence-electron chi connectivity index (χ1n) is 9.52. The summed E-state index contributed by atoms with van der Waals surface area (Å²) in [4.78, 5) is 17.1. The van der Waals surface area contributed by atoms with E-state index < -0.39 is 0 Å². The number of hydrogen-bond acceptors (Lipinski definition) is 4. The summed E-state index contributed by atoms with van der Waals surface area (Å²) in [6, 6.07) is 6.72. The Labute approximate surface area is 154 Å². The van der Waals surface area contributed by atoms with Crippen molar-refractivity contribution in [1.29, 1.82) is 0 Å². The van der Waals surface area contributed by atoms with Crippen LogP contribution in [-0.2, 0) is 17.6 Å². The number of likely N-dealkylation sites (N-methyl/N-ethyl adjacent to an activating group) is 1. The Morgan fingerprint density at radius 1 is 1.36 bits per heavy atom. The summed E-state index contributed by atoms with van der Waals surface area (Å²) in [5.74, 6) is 0.784. The van der Waals surface area contributed by atoms with Gasteiger partial charge in [0.05, 0.1) is 15.2 Å². The van der Waals surface area contributed by atoms with Crippen LogP contribution in [0.3, 0.4) is 0 Å². The van der Waals surface area contributed by atoms with Crippen molar-refractivity contribution in [2.75, 3.05) is 13.6 Å². The van der Waals surface area contributed by atoms with Crippen molar-refractivity contribution >= 4 is 27.5 Å². The molecule has 1 aromatic heterocycles. The highest BCUT2D eigenvalue weighted by atomic mass is 32.1. The number of nitrogens with one attached hydrogen (secondary N) is 2. The summed E-state index contributed by atoms with van der Waals surface area (Å²) in [5.41, 5.74) is 2.39. The molecule has 0 aliphatic heterocycles. The second kappa shape index (κ2) is 8.77. The number of aromatic nitrogens is 1. The minimum Gasteiger partial charge on any atom is -0.352 e. The first kappa shape index (κ1) is 18.3. The van der Waals surface area contributed by atoms with E-state index in [1.165, 1.54) is 35.9 Å². The van der Waals surface area contributed by atoms with Gasteiger partial charge in [-0.15, -0.1) is 11.3 Å². The second-order valence-corrected chi connectivity index (χ2v) is 8.15. The van der Waals surface area contributed by atoms with Gasteiger partial charge in [-0.1, -0.05) is 25.8 Å². The number of amides is 1. The molecule has 0 bridgehead atoms. The molecular formula is C20H29N3OS. The van der Waals surface area contributed by atoms with E-state index in [0.717, 1.165) is 29.9 Å². The first-order chi connectivity index (χ1) is 12.2. The maximum absolute atomic E-state index is 12.4. The maximum atomic E-state index is 12.4. The van der Waals surface area contributed by atoms with E-state index in [1.54, 1.807) is 11.3 Å². The third-order valence-corrected chi connectivity index (χ3v) is 6.29. The van der Waals surface area contributed by atoms with Gasteiger partial charge in [-0.05, 0) is 49.9 Å². The third-order valence-electron chi connectivity index (χ3n) is 5.21. The van der Waals surface area contributed by atoms with Crippen molar-refractivity contribution in [3.8, 4) is 0 Å². The number of carbonyl (C=O) groups excluding carboxylic acids is 1. The van der Waals surface area contributed by atoms with Gasteiger partial charge in [-0.3, -0.25) is 4.79 Å². The molecule has 3 rings (SSSR count). The number of hydrogen-bond donors (Lipinski definition) is 2. The third kappa shape index (κ3) is 4.79. The molecule has 1 aliphatic carbocycles. The van der Waals surface area contributed by atoms with Gasteiger partial charge in [0.15, 0.2) is 0 Å². The Hall–Kier alpha value is -1.46. The van der Waals surface area contributed by atoms with Gasteiger partial charge in [0.1, 0.15) is 0 Å². The van der Waals surface area contributed by atoms with E-state index in [-0.39, 0.29) is 11.9 Å². The fraction of sp³-hybridized carbons (Fsp3) is 0.600. The zero-order valence-electron chi connectivity index (χ0n) is 15.3. The number of carbonyl (C=O) groups is 1. The zero-order valence-corrected chi connectivity index (χ0v) is 16.1. The van der Waals surface area contributed by atoms with Gasteiger partial charge in [0.2, 0.25) is 5.91 Å². The van der Waals surface area contributed by atoms with Crippen LogP contribution >= 0.6 is 11.3 Å². The maximum Gasteiger partial charge on any atom is 0.220 e. The smallest absolute Gasteiger partial charge is 0.220 e. The van der Waals surface area contributed by atoms with Gasteiger partial charge >= 0.3 is 0 Å². The van der Waals surface area contributed by atoms with E-state index in [1.807, 2.05) is 7.05 Å². The fourth-order valence-corrected chi connectivity index (χ4v) is 4.79. The van der Waals surface area contributed by atoms with E-state index in [0.29, 0.717) is 12.3 Å². The largest absolute Gasteiger partial charge is 0.352 e. The van der Waals surface area contributed by atoms with E-state index in [9.17, 15) is 4.79 Å². The van der Waals surface area contributed by atoms with Crippen LogP contribution in [0.5, 0.6) is 0 Å². The molecule has 136 valence electrons. The molecule has 0 saturated heterocycles. The van der Waals surface area contributed by atoms with Gasteiger partial charge in [-0.25, -0.2) is 4.98 Å². The predicted molar refractivity (Wildman–Crippen MR) is 105 cm³/mol. The molecule has 1 aromatic carbocycles. The minimum absolute atomic E-state index is 0.153. The Morgan fingerprint density at radius 3 is 2.88 bits per heavy atom. The van der Waals surface area contributed by atoms with Crippen LogP contribution in [0.15, 0.2) is 18.2 Å². The molecule has 1 aliphatic rings. The van der Waals surface area contributed by atoms with E-state index in [2.05, 4.69) is 40.7 Å². The second-order valence-electron chi connectivity index (χ2n) is 7.04. The van der Waals surface area contributed by atoms with Crippen LogP contribution in [0.4, 0.5) is 0 Å². The lowest BCUT2D eigenvalue weighted by molar-refractivity contribution is -0.122. The van der Waals surface area contributed by atoms with Crippen LogP contribution in [0, 0.1) is 5.92 Å². The van der Waals surface area contributed by atoms with Crippen molar-refractivity contribution < 1.29 is 4.79 Å². The molecule has 1 atom stereocenters. The van der Waals surface area contributed by atoms with Gasteiger partial charge in [0.25, 0.3) is 0 Å². The highest BCUT2D eigenvalue weighted by Gasteiger charge is 2.25. The van der Waals surface area contributed by atoms with Gasteiger partial charge in [-0.2, -0.15) is 0 Å². The molecule has 4 nitrogen and oxygen atoms in total. The summed E-state index contributed by atoms with van der Waals surface area (Å²) >= 11 is 1.72. The molecule has 1 saturated carbocycles. The first-order valence-corrected chi connectivity index (χ1v) is 10.3. The lowest BCUT2D eigenvalue weighted by atomic mass is 9.98. The predicted octanol–water partition coefficient (Wildman–Crippen LogP) is 3.69. The van der Waals surface area contributed by atoms with Crippen LogP contribution in [0.25, 0.3) is 10.2 Å². The lowest BCUT2D eigenvalue weighted by Gasteiger charge is -2.24. The van der Waals surface area contributed by atoms with Crippen molar-refractivity contribution in [3.05, 3.63) is 28.8 Å². The monoisotopic (exact) mass is 359 g/mol. The molecule has 1 unspecified atom stereocenters. The minimum atomic E-state index is 0.153. The van der Waals surface area contributed by atoms with Crippen molar-refractivity contribution in [2.24, 2.45) is 5.92 Å². The van der Waals surface area contributed by atoms with Crippen molar-refractivity contribution in [3.63, 3.8) is 0 Å². The molecule has 2 aromatic rings.